The Hall–Kier alpha value is -0.820. The molecule has 0 radical (unpaired) electrons. The van der Waals surface area contributed by atoms with Gasteiger partial charge in [-0.15, -0.1) is 0 Å². The number of ether oxygens (including phenoxy) is 4. The first kappa shape index (κ1) is 23.2. The molecule has 0 aliphatic carbocycles. The fourth-order valence-electron chi connectivity index (χ4n) is 1.90. The van der Waals surface area contributed by atoms with Gasteiger partial charge in [0.1, 0.15) is 13.2 Å². The first-order valence-corrected chi connectivity index (χ1v) is 8.99. The van der Waals surface area contributed by atoms with Crippen molar-refractivity contribution < 1.29 is 28.5 Å². The van der Waals surface area contributed by atoms with Crippen molar-refractivity contribution in [2.45, 2.75) is 52.4 Å². The lowest BCUT2D eigenvalue weighted by Crippen LogP contribution is -2.13. The number of hydrogen-bond donors (Lipinski definition) is 0. The average molecular weight is 346 g/mol. The second kappa shape index (κ2) is 18.5. The molecule has 0 aromatic heterocycles. The van der Waals surface area contributed by atoms with E-state index in [-0.39, 0.29) is 24.8 Å². The molecular formula is C18H34O6. The predicted octanol–water partition coefficient (Wildman–Crippen LogP) is 2.57. The highest BCUT2D eigenvalue weighted by Crippen LogP contribution is 1.98. The molecular weight excluding hydrogens is 312 g/mol. The summed E-state index contributed by atoms with van der Waals surface area (Å²) in [4.78, 5) is 22.1. The van der Waals surface area contributed by atoms with Crippen LogP contribution in [-0.4, -0.2) is 64.4 Å². The van der Waals surface area contributed by atoms with Gasteiger partial charge in [-0.25, -0.2) is 0 Å². The van der Waals surface area contributed by atoms with Gasteiger partial charge in [0, 0.05) is 19.6 Å². The summed E-state index contributed by atoms with van der Waals surface area (Å²) < 4.78 is 21.2. The van der Waals surface area contributed by atoms with E-state index in [4.69, 9.17) is 18.9 Å². The van der Waals surface area contributed by atoms with Crippen molar-refractivity contribution in [3.8, 4) is 0 Å². The smallest absolute Gasteiger partial charge is 0.158 e. The summed E-state index contributed by atoms with van der Waals surface area (Å²) in [5.41, 5.74) is 0. The summed E-state index contributed by atoms with van der Waals surface area (Å²) >= 11 is 0. The summed E-state index contributed by atoms with van der Waals surface area (Å²) in [7, 11) is 0. The first-order valence-electron chi connectivity index (χ1n) is 8.99. The second-order valence-corrected chi connectivity index (χ2v) is 5.73. The molecule has 0 heterocycles. The number of carbonyl (C=O) groups excluding carboxylic acids is 2. The third-order valence-electron chi connectivity index (χ3n) is 3.20. The fraction of sp³-hybridized carbons (Fsp3) is 0.889. The van der Waals surface area contributed by atoms with Gasteiger partial charge in [-0.3, -0.25) is 9.59 Å². The molecule has 0 aromatic carbocycles. The zero-order chi connectivity index (χ0) is 17.9. The lowest BCUT2D eigenvalue weighted by atomic mass is 10.2. The van der Waals surface area contributed by atoms with Crippen LogP contribution in [0.5, 0.6) is 0 Å². The zero-order valence-electron chi connectivity index (χ0n) is 15.3. The minimum absolute atomic E-state index is 0.0125. The van der Waals surface area contributed by atoms with Gasteiger partial charge < -0.3 is 18.9 Å². The lowest BCUT2D eigenvalue weighted by molar-refractivity contribution is -0.127. The van der Waals surface area contributed by atoms with Crippen molar-refractivity contribution in [2.24, 2.45) is 0 Å². The monoisotopic (exact) mass is 346 g/mol. The van der Waals surface area contributed by atoms with Crippen molar-refractivity contribution in [3.05, 3.63) is 0 Å². The van der Waals surface area contributed by atoms with Gasteiger partial charge in [0.25, 0.3) is 0 Å². The molecule has 0 rings (SSSR count). The zero-order valence-corrected chi connectivity index (χ0v) is 15.3. The maximum Gasteiger partial charge on any atom is 0.158 e. The molecule has 0 aromatic rings. The van der Waals surface area contributed by atoms with Gasteiger partial charge in [-0.1, -0.05) is 19.8 Å². The maximum absolute atomic E-state index is 11.4. The van der Waals surface area contributed by atoms with Gasteiger partial charge in [0.2, 0.25) is 0 Å². The lowest BCUT2D eigenvalue weighted by Gasteiger charge is -2.07. The van der Waals surface area contributed by atoms with Crippen LogP contribution in [0.2, 0.25) is 0 Å². The molecule has 0 atom stereocenters. The minimum Gasteiger partial charge on any atom is -0.379 e. The fourth-order valence-corrected chi connectivity index (χ4v) is 1.90. The molecule has 0 aliphatic rings. The third-order valence-corrected chi connectivity index (χ3v) is 3.20. The van der Waals surface area contributed by atoms with E-state index in [2.05, 4.69) is 6.92 Å². The van der Waals surface area contributed by atoms with Crippen LogP contribution in [0.25, 0.3) is 0 Å². The van der Waals surface area contributed by atoms with Crippen molar-refractivity contribution in [2.75, 3.05) is 52.9 Å². The van der Waals surface area contributed by atoms with Gasteiger partial charge in [0.05, 0.1) is 26.4 Å². The number of unbranched alkanes of at least 4 members (excludes halogenated alkanes) is 3. The van der Waals surface area contributed by atoms with Crippen LogP contribution >= 0.6 is 0 Å². The molecule has 0 unspecified atom stereocenters. The Labute approximate surface area is 146 Å². The third kappa shape index (κ3) is 19.2. The number of rotatable bonds is 19. The van der Waals surface area contributed by atoms with Gasteiger partial charge in [-0.2, -0.15) is 0 Å². The van der Waals surface area contributed by atoms with E-state index in [1.165, 1.54) is 19.8 Å². The Morgan fingerprint density at radius 2 is 1.21 bits per heavy atom. The van der Waals surface area contributed by atoms with Crippen LogP contribution < -0.4 is 0 Å². The van der Waals surface area contributed by atoms with E-state index in [9.17, 15) is 9.59 Å². The molecule has 0 N–H and O–H groups in total. The molecule has 142 valence electrons. The predicted molar refractivity (Wildman–Crippen MR) is 92.3 cm³/mol. The van der Waals surface area contributed by atoms with Crippen molar-refractivity contribution >= 4 is 11.6 Å². The molecule has 6 heteroatoms. The highest BCUT2D eigenvalue weighted by atomic mass is 16.5. The Morgan fingerprint density at radius 3 is 1.75 bits per heavy atom. The van der Waals surface area contributed by atoms with E-state index in [1.807, 2.05) is 0 Å². The van der Waals surface area contributed by atoms with E-state index >= 15 is 0 Å². The van der Waals surface area contributed by atoms with Crippen LogP contribution in [0, 0.1) is 0 Å². The second-order valence-electron chi connectivity index (χ2n) is 5.73. The molecule has 0 bridgehead atoms. The van der Waals surface area contributed by atoms with Crippen molar-refractivity contribution in [3.63, 3.8) is 0 Å². The Kier molecular flexibility index (Phi) is 17.9. The van der Waals surface area contributed by atoms with Crippen LogP contribution in [0.3, 0.4) is 0 Å². The van der Waals surface area contributed by atoms with Crippen LogP contribution in [0.1, 0.15) is 52.4 Å². The molecule has 0 fully saturated rings. The van der Waals surface area contributed by atoms with Crippen LogP contribution in [0.4, 0.5) is 0 Å². The molecule has 0 spiro atoms. The van der Waals surface area contributed by atoms with E-state index in [0.29, 0.717) is 39.5 Å². The van der Waals surface area contributed by atoms with Gasteiger partial charge >= 0.3 is 0 Å². The van der Waals surface area contributed by atoms with E-state index < -0.39 is 0 Å². The number of hydrogen-bond acceptors (Lipinski definition) is 6. The number of Topliss-reactive ketones (excluding diaryl/α,β-unsaturated/α-hetero) is 2. The molecule has 0 saturated heterocycles. The normalized spacial score (nSPS) is 10.9. The van der Waals surface area contributed by atoms with Crippen molar-refractivity contribution in [1.82, 2.24) is 0 Å². The summed E-state index contributed by atoms with van der Waals surface area (Å²) in [5.74, 6) is -0.0417. The highest BCUT2D eigenvalue weighted by molar-refractivity contribution is 5.80. The number of ketones is 2. The summed E-state index contributed by atoms with van der Waals surface area (Å²) in [6.07, 6.45) is 5.61. The molecule has 6 nitrogen and oxygen atoms in total. The molecule has 0 amide bonds. The van der Waals surface area contributed by atoms with Crippen LogP contribution in [0.15, 0.2) is 0 Å². The van der Waals surface area contributed by atoms with Gasteiger partial charge in [-0.05, 0) is 26.2 Å². The largest absolute Gasteiger partial charge is 0.379 e. The average Bonchev–Trinajstić information content (AvgIpc) is 2.55. The summed E-state index contributed by atoms with van der Waals surface area (Å²) in [6, 6.07) is 0. The van der Waals surface area contributed by atoms with E-state index in [0.717, 1.165) is 25.9 Å². The highest BCUT2D eigenvalue weighted by Gasteiger charge is 2.03. The Balaban J connectivity index is 3.12. The van der Waals surface area contributed by atoms with Gasteiger partial charge in [0.15, 0.2) is 11.6 Å². The summed E-state index contributed by atoms with van der Waals surface area (Å²) in [6.45, 7) is 7.44. The quantitative estimate of drug-likeness (QED) is 0.335. The molecule has 0 aliphatic heterocycles. The Bertz CT molecular complexity index is 306. The molecule has 0 saturated carbocycles. The topological polar surface area (TPSA) is 71.1 Å². The summed E-state index contributed by atoms with van der Waals surface area (Å²) in [5, 5.41) is 0. The standard InChI is InChI=1S/C18H34O6/c1-3-4-6-9-21-11-13-23-14-12-22-10-7-5-8-18(20)16-24-15-17(2)19/h3-16H2,1-2H3. The first-order chi connectivity index (χ1) is 11.7. The minimum atomic E-state index is -0.0681. The van der Waals surface area contributed by atoms with Crippen molar-refractivity contribution in [1.29, 1.82) is 0 Å². The van der Waals surface area contributed by atoms with Crippen LogP contribution in [-0.2, 0) is 28.5 Å². The molecule has 24 heavy (non-hydrogen) atoms. The maximum atomic E-state index is 11.4. The number of carbonyl (C=O) groups is 2. The van der Waals surface area contributed by atoms with E-state index in [1.54, 1.807) is 0 Å². The Morgan fingerprint density at radius 1 is 0.667 bits per heavy atom. The SMILES string of the molecule is CCCCCOCCOCCOCCCCC(=O)COCC(C)=O.